The number of sulfonamides is 1. The summed E-state index contributed by atoms with van der Waals surface area (Å²) < 4.78 is 44.7. The Morgan fingerprint density at radius 3 is 2.76 bits per heavy atom. The predicted octanol–water partition coefficient (Wildman–Crippen LogP) is 2.50. The van der Waals surface area contributed by atoms with Crippen LogP contribution >= 0.6 is 11.3 Å². The summed E-state index contributed by atoms with van der Waals surface area (Å²) in [5.74, 6) is -2.02. The quantitative estimate of drug-likeness (QED) is 0.691. The molecule has 2 aromatic rings. The molecule has 0 aliphatic carbocycles. The summed E-state index contributed by atoms with van der Waals surface area (Å²) in [5.41, 5.74) is 0.108. The molecule has 3 rings (SSSR count). The van der Waals surface area contributed by atoms with Crippen LogP contribution in [0.4, 0.5) is 9.52 Å². The van der Waals surface area contributed by atoms with Crippen LogP contribution in [0.1, 0.15) is 30.3 Å². The minimum Gasteiger partial charge on any atom is -0.461 e. The number of esters is 1. The van der Waals surface area contributed by atoms with Crippen LogP contribution in [0.3, 0.4) is 0 Å². The number of rotatable bonds is 6. The van der Waals surface area contributed by atoms with Gasteiger partial charge in [0.05, 0.1) is 17.4 Å². The Hall–Kier alpha value is -2.37. The lowest BCUT2D eigenvalue weighted by molar-refractivity contribution is -0.120. The lowest BCUT2D eigenvalue weighted by Crippen LogP contribution is -2.43. The number of ether oxygens (including phenoxy) is 1. The van der Waals surface area contributed by atoms with E-state index in [9.17, 15) is 22.4 Å². The molecule has 0 radical (unpaired) electrons. The number of thiazole rings is 1. The third-order valence-corrected chi connectivity index (χ3v) is 7.06. The van der Waals surface area contributed by atoms with Crippen molar-refractivity contribution in [1.82, 2.24) is 9.29 Å². The van der Waals surface area contributed by atoms with Gasteiger partial charge in [-0.2, -0.15) is 4.31 Å². The summed E-state index contributed by atoms with van der Waals surface area (Å²) in [6, 6.07) is 4.59. The maximum atomic E-state index is 13.1. The summed E-state index contributed by atoms with van der Waals surface area (Å²) >= 11 is 1.09. The molecule has 29 heavy (non-hydrogen) atoms. The zero-order chi connectivity index (χ0) is 21.0. The molecule has 11 heteroatoms. The highest BCUT2D eigenvalue weighted by Gasteiger charge is 2.33. The standard InChI is InChI=1S/C18H20FN3O5S2/c1-2-27-17(24)15-11-28-18(20-15)21-16(23)12-4-3-9-22(10-12)29(25,26)14-7-5-13(19)6-8-14/h5-8,11-12H,2-4,9-10H2,1H3,(H,20,21,23). The number of anilines is 1. The summed E-state index contributed by atoms with van der Waals surface area (Å²) in [4.78, 5) is 28.3. The summed E-state index contributed by atoms with van der Waals surface area (Å²) in [6.07, 6.45) is 1.04. The Morgan fingerprint density at radius 1 is 1.34 bits per heavy atom. The van der Waals surface area contributed by atoms with Crippen molar-refractivity contribution in [2.45, 2.75) is 24.7 Å². The SMILES string of the molecule is CCOC(=O)c1csc(NC(=O)C2CCCN(S(=O)(=O)c3ccc(F)cc3)C2)n1. The Balaban J connectivity index is 1.66. The second-order valence-electron chi connectivity index (χ2n) is 6.40. The van der Waals surface area contributed by atoms with Gasteiger partial charge in [0.25, 0.3) is 0 Å². The van der Waals surface area contributed by atoms with E-state index in [1.807, 2.05) is 0 Å². The number of amides is 1. The normalized spacial score (nSPS) is 17.7. The van der Waals surface area contributed by atoms with Crippen molar-refractivity contribution in [2.75, 3.05) is 25.0 Å². The summed E-state index contributed by atoms with van der Waals surface area (Å²) in [6.45, 7) is 2.20. The molecule has 1 saturated heterocycles. The molecule has 0 bridgehead atoms. The van der Waals surface area contributed by atoms with Gasteiger partial charge in [-0.3, -0.25) is 4.79 Å². The third-order valence-electron chi connectivity index (χ3n) is 4.43. The number of aromatic nitrogens is 1. The van der Waals surface area contributed by atoms with Crippen LogP contribution in [-0.4, -0.2) is 49.3 Å². The van der Waals surface area contributed by atoms with Crippen LogP contribution < -0.4 is 5.32 Å². The van der Waals surface area contributed by atoms with Crippen molar-refractivity contribution in [1.29, 1.82) is 0 Å². The molecule has 1 aromatic carbocycles. The van der Waals surface area contributed by atoms with Gasteiger partial charge in [-0.05, 0) is 44.0 Å². The second-order valence-corrected chi connectivity index (χ2v) is 9.20. The van der Waals surface area contributed by atoms with Crippen LogP contribution in [0.5, 0.6) is 0 Å². The molecule has 1 aliphatic rings. The van der Waals surface area contributed by atoms with E-state index in [4.69, 9.17) is 4.74 Å². The molecule has 8 nitrogen and oxygen atoms in total. The van der Waals surface area contributed by atoms with Gasteiger partial charge < -0.3 is 10.1 Å². The second kappa shape index (κ2) is 8.97. The van der Waals surface area contributed by atoms with Gasteiger partial charge in [0.15, 0.2) is 10.8 Å². The average Bonchev–Trinajstić information content (AvgIpc) is 3.17. The van der Waals surface area contributed by atoms with Crippen molar-refractivity contribution in [3.8, 4) is 0 Å². The molecule has 0 spiro atoms. The molecule has 1 fully saturated rings. The van der Waals surface area contributed by atoms with E-state index in [0.717, 1.165) is 23.5 Å². The largest absolute Gasteiger partial charge is 0.461 e. The minimum absolute atomic E-state index is 0.0149. The van der Waals surface area contributed by atoms with Crippen molar-refractivity contribution < 1.29 is 27.1 Å². The van der Waals surface area contributed by atoms with E-state index < -0.39 is 27.7 Å². The fraction of sp³-hybridized carbons (Fsp3) is 0.389. The zero-order valence-corrected chi connectivity index (χ0v) is 17.3. The molecule has 1 N–H and O–H groups in total. The Bertz CT molecular complexity index is 991. The molecule has 1 atom stereocenters. The van der Waals surface area contributed by atoms with Gasteiger partial charge in [-0.1, -0.05) is 0 Å². The van der Waals surface area contributed by atoms with Gasteiger partial charge in [0.1, 0.15) is 5.82 Å². The summed E-state index contributed by atoms with van der Waals surface area (Å²) in [5, 5.41) is 4.37. The van der Waals surface area contributed by atoms with E-state index in [1.54, 1.807) is 6.92 Å². The van der Waals surface area contributed by atoms with Crippen molar-refractivity contribution >= 4 is 38.4 Å². The smallest absolute Gasteiger partial charge is 0.357 e. The molecule has 156 valence electrons. The number of hydrogen-bond donors (Lipinski definition) is 1. The molecule has 0 saturated carbocycles. The van der Waals surface area contributed by atoms with E-state index in [1.165, 1.54) is 21.8 Å². The molecular weight excluding hydrogens is 421 g/mol. The number of benzene rings is 1. The zero-order valence-electron chi connectivity index (χ0n) is 15.6. The number of nitrogens with zero attached hydrogens (tertiary/aromatic N) is 2. The molecule has 1 aliphatic heterocycles. The Kier molecular flexibility index (Phi) is 6.60. The maximum Gasteiger partial charge on any atom is 0.357 e. The molecule has 2 heterocycles. The molecule has 1 aromatic heterocycles. The molecule has 1 unspecified atom stereocenters. The highest BCUT2D eigenvalue weighted by Crippen LogP contribution is 2.25. The topological polar surface area (TPSA) is 106 Å². The Morgan fingerprint density at radius 2 is 2.07 bits per heavy atom. The van der Waals surface area contributed by atoms with Crippen LogP contribution in [0.15, 0.2) is 34.5 Å². The van der Waals surface area contributed by atoms with E-state index >= 15 is 0 Å². The monoisotopic (exact) mass is 441 g/mol. The van der Waals surface area contributed by atoms with Crippen LogP contribution in [0.25, 0.3) is 0 Å². The highest BCUT2D eigenvalue weighted by atomic mass is 32.2. The lowest BCUT2D eigenvalue weighted by atomic mass is 9.99. The first-order chi connectivity index (χ1) is 13.8. The van der Waals surface area contributed by atoms with Crippen LogP contribution in [0, 0.1) is 11.7 Å². The van der Waals surface area contributed by atoms with Gasteiger partial charge in [-0.25, -0.2) is 22.6 Å². The number of carbonyl (C=O) groups is 2. The van der Waals surface area contributed by atoms with Crippen LogP contribution in [-0.2, 0) is 19.6 Å². The highest BCUT2D eigenvalue weighted by molar-refractivity contribution is 7.89. The van der Waals surface area contributed by atoms with E-state index in [2.05, 4.69) is 10.3 Å². The van der Waals surface area contributed by atoms with Gasteiger partial charge in [-0.15, -0.1) is 11.3 Å². The fourth-order valence-electron chi connectivity index (χ4n) is 2.97. The number of piperidine rings is 1. The first-order valence-corrected chi connectivity index (χ1v) is 11.3. The first-order valence-electron chi connectivity index (χ1n) is 9.00. The first kappa shape index (κ1) is 21.3. The number of halogens is 1. The number of hydrogen-bond acceptors (Lipinski definition) is 7. The molecule has 1 amide bonds. The predicted molar refractivity (Wildman–Crippen MR) is 105 cm³/mol. The van der Waals surface area contributed by atoms with Crippen molar-refractivity contribution in [3.63, 3.8) is 0 Å². The lowest BCUT2D eigenvalue weighted by Gasteiger charge is -2.31. The summed E-state index contributed by atoms with van der Waals surface area (Å²) in [7, 11) is -3.82. The van der Waals surface area contributed by atoms with E-state index in [0.29, 0.717) is 12.8 Å². The number of carbonyl (C=O) groups excluding carboxylic acids is 2. The Labute approximate surface area is 171 Å². The number of nitrogens with one attached hydrogen (secondary N) is 1. The van der Waals surface area contributed by atoms with Gasteiger partial charge >= 0.3 is 5.97 Å². The van der Waals surface area contributed by atoms with E-state index in [-0.39, 0.29) is 41.3 Å². The molecular formula is C18H20FN3O5S2. The van der Waals surface area contributed by atoms with Gasteiger partial charge in [0, 0.05) is 18.5 Å². The van der Waals surface area contributed by atoms with Crippen molar-refractivity contribution in [2.24, 2.45) is 5.92 Å². The fourth-order valence-corrected chi connectivity index (χ4v) is 5.17. The van der Waals surface area contributed by atoms with Crippen LogP contribution in [0.2, 0.25) is 0 Å². The average molecular weight is 442 g/mol. The van der Waals surface area contributed by atoms with Gasteiger partial charge in [0.2, 0.25) is 15.9 Å². The minimum atomic E-state index is -3.82. The third kappa shape index (κ3) is 4.98. The maximum absolute atomic E-state index is 13.1. The van der Waals surface area contributed by atoms with Crippen molar-refractivity contribution in [3.05, 3.63) is 41.2 Å².